The van der Waals surface area contributed by atoms with E-state index in [1.807, 2.05) is 17.6 Å². The van der Waals surface area contributed by atoms with Gasteiger partial charge < -0.3 is 14.6 Å². The number of amides is 1. The average molecular weight is 525 g/mol. The van der Waals surface area contributed by atoms with Gasteiger partial charge in [0.25, 0.3) is 12.3 Å². The first-order valence-corrected chi connectivity index (χ1v) is 11.6. The highest BCUT2D eigenvalue weighted by molar-refractivity contribution is 7.59. The molecule has 0 fully saturated rings. The number of aromatic nitrogens is 5. The molecule has 1 aromatic carbocycles. The summed E-state index contributed by atoms with van der Waals surface area (Å²) in [5.74, 6) is 1.80. The molecule has 3 aromatic heterocycles. The lowest BCUT2D eigenvalue weighted by atomic mass is 10.0. The first kappa shape index (κ1) is 26.2. The average Bonchev–Trinajstić information content (AvgIpc) is 3.27. The van der Waals surface area contributed by atoms with Crippen molar-refractivity contribution >= 4 is 25.2 Å². The van der Waals surface area contributed by atoms with Gasteiger partial charge in [0, 0.05) is 17.8 Å². The SMILES string of the molecule is Cc1nnc2n1[C@@H](C)CCCOc1ccc(-c3ccc(C(F)F)nc3)cc1C(=O)Nc1cccc-2n1.S. The normalized spacial score (nSPS) is 15.5. The minimum Gasteiger partial charge on any atom is -0.493 e. The van der Waals surface area contributed by atoms with Gasteiger partial charge in [0.2, 0.25) is 0 Å². The van der Waals surface area contributed by atoms with Crippen LogP contribution >= 0.6 is 13.5 Å². The molecule has 192 valence electrons. The number of rotatable bonds is 2. The number of benzene rings is 1. The lowest BCUT2D eigenvalue weighted by Gasteiger charge is -2.19. The fourth-order valence-electron chi connectivity index (χ4n) is 4.29. The third-order valence-electron chi connectivity index (χ3n) is 6.12. The van der Waals surface area contributed by atoms with E-state index in [9.17, 15) is 13.6 Å². The molecule has 0 radical (unpaired) electrons. The molecule has 4 aromatic rings. The topological polar surface area (TPSA) is 94.8 Å². The summed E-state index contributed by atoms with van der Waals surface area (Å²) in [6.07, 6.45) is 0.280. The standard InChI is InChI=1S/C26H24F2N6O2.H2S/c1-15-5-4-12-36-22-11-9-17(18-8-10-20(24(27)28)29-14-18)13-19(22)26(35)31-23-7-3-6-21(30-23)25-33-32-16(2)34(15)25;/h3,6-11,13-15,24H,4-5,12H2,1-2H3,(H,30,31,35);1H2/t15-;/m0./s1. The molecule has 1 aliphatic heterocycles. The van der Waals surface area contributed by atoms with E-state index in [1.54, 1.807) is 36.4 Å². The van der Waals surface area contributed by atoms with Gasteiger partial charge in [-0.3, -0.25) is 9.78 Å². The number of carbonyl (C=O) groups excluding carboxylic acids is 1. The monoisotopic (exact) mass is 524 g/mol. The number of ether oxygens (including phenoxy) is 1. The van der Waals surface area contributed by atoms with Crippen LogP contribution in [0.2, 0.25) is 0 Å². The van der Waals surface area contributed by atoms with E-state index in [0.29, 0.717) is 46.4 Å². The van der Waals surface area contributed by atoms with Crippen LogP contribution in [0.3, 0.4) is 0 Å². The molecule has 37 heavy (non-hydrogen) atoms. The fraction of sp³-hybridized carbons (Fsp3) is 0.269. The van der Waals surface area contributed by atoms with Crippen LogP contribution in [0.5, 0.6) is 5.75 Å². The largest absolute Gasteiger partial charge is 0.493 e. The van der Waals surface area contributed by atoms with Crippen LogP contribution in [0.25, 0.3) is 22.6 Å². The lowest BCUT2D eigenvalue weighted by molar-refractivity contribution is 0.102. The molecule has 0 saturated heterocycles. The summed E-state index contributed by atoms with van der Waals surface area (Å²) in [6.45, 7) is 4.42. The predicted molar refractivity (Wildman–Crippen MR) is 140 cm³/mol. The molecule has 0 spiro atoms. The molecule has 5 rings (SSSR count). The van der Waals surface area contributed by atoms with Crippen LogP contribution < -0.4 is 10.1 Å². The maximum atomic E-state index is 13.3. The third-order valence-corrected chi connectivity index (χ3v) is 6.12. The smallest absolute Gasteiger partial charge is 0.280 e. The zero-order valence-corrected chi connectivity index (χ0v) is 21.3. The number of hydrogen-bond acceptors (Lipinski definition) is 6. The maximum Gasteiger partial charge on any atom is 0.280 e. The number of nitrogens with one attached hydrogen (secondary N) is 1. The second-order valence-electron chi connectivity index (χ2n) is 8.63. The Hall–Kier alpha value is -3.86. The van der Waals surface area contributed by atoms with Crippen molar-refractivity contribution < 1.29 is 18.3 Å². The number of fused-ring (bicyclic) bond motifs is 5. The summed E-state index contributed by atoms with van der Waals surface area (Å²) in [7, 11) is 0. The van der Waals surface area contributed by atoms with Gasteiger partial charge in [-0.25, -0.2) is 13.8 Å². The minimum absolute atomic E-state index is 0. The van der Waals surface area contributed by atoms with Crippen molar-refractivity contribution in [3.8, 4) is 28.4 Å². The Labute approximate surface area is 219 Å². The summed E-state index contributed by atoms with van der Waals surface area (Å²) in [4.78, 5) is 21.8. The fourth-order valence-corrected chi connectivity index (χ4v) is 4.29. The molecular weight excluding hydrogens is 498 g/mol. The van der Waals surface area contributed by atoms with Gasteiger partial charge in [-0.2, -0.15) is 13.5 Å². The Balaban J connectivity index is 0.00000320. The second kappa shape index (κ2) is 11.0. The van der Waals surface area contributed by atoms with Crippen molar-refractivity contribution in [2.75, 3.05) is 11.9 Å². The highest BCUT2D eigenvalue weighted by Gasteiger charge is 2.20. The molecule has 2 bridgehead atoms. The van der Waals surface area contributed by atoms with Gasteiger partial charge in [0.15, 0.2) is 5.82 Å². The molecular formula is C26H26F2N6O2S. The molecule has 4 heterocycles. The molecule has 1 amide bonds. The quantitative estimate of drug-likeness (QED) is 0.359. The van der Waals surface area contributed by atoms with E-state index < -0.39 is 12.3 Å². The lowest BCUT2D eigenvalue weighted by Crippen LogP contribution is -2.17. The van der Waals surface area contributed by atoms with Crippen LogP contribution in [0, 0.1) is 6.92 Å². The highest BCUT2D eigenvalue weighted by atomic mass is 32.1. The van der Waals surface area contributed by atoms with Crippen LogP contribution in [0.1, 0.15) is 54.1 Å². The molecule has 1 aliphatic rings. The minimum atomic E-state index is -2.65. The summed E-state index contributed by atoms with van der Waals surface area (Å²) in [6, 6.07) is 13.4. The number of carbonyl (C=O) groups is 1. The van der Waals surface area contributed by atoms with Crippen molar-refractivity contribution in [1.82, 2.24) is 24.7 Å². The number of nitrogens with zero attached hydrogens (tertiary/aromatic N) is 5. The van der Waals surface area contributed by atoms with Crippen LogP contribution in [0.4, 0.5) is 14.6 Å². The molecule has 0 aliphatic carbocycles. The highest BCUT2D eigenvalue weighted by Crippen LogP contribution is 2.30. The number of aryl methyl sites for hydroxylation is 1. The van der Waals surface area contributed by atoms with Gasteiger partial charge in [-0.1, -0.05) is 18.2 Å². The zero-order valence-electron chi connectivity index (χ0n) is 20.3. The van der Waals surface area contributed by atoms with E-state index >= 15 is 0 Å². The first-order chi connectivity index (χ1) is 17.4. The third kappa shape index (κ3) is 5.46. The Bertz CT molecular complexity index is 1410. The first-order valence-electron chi connectivity index (χ1n) is 11.6. The molecule has 11 heteroatoms. The zero-order chi connectivity index (χ0) is 25.2. The van der Waals surface area contributed by atoms with E-state index in [4.69, 9.17) is 4.74 Å². The number of halogens is 2. The van der Waals surface area contributed by atoms with Gasteiger partial charge in [-0.15, -0.1) is 10.2 Å². The van der Waals surface area contributed by atoms with E-state index in [0.717, 1.165) is 18.7 Å². The van der Waals surface area contributed by atoms with E-state index in [-0.39, 0.29) is 25.2 Å². The van der Waals surface area contributed by atoms with Crippen molar-refractivity contribution in [3.63, 3.8) is 0 Å². The number of alkyl halides is 2. The summed E-state index contributed by atoms with van der Waals surface area (Å²) >= 11 is 0. The Kier molecular flexibility index (Phi) is 7.82. The molecule has 8 nitrogen and oxygen atoms in total. The van der Waals surface area contributed by atoms with E-state index in [2.05, 4.69) is 32.4 Å². The van der Waals surface area contributed by atoms with Crippen molar-refractivity contribution in [1.29, 1.82) is 0 Å². The van der Waals surface area contributed by atoms with Crippen LogP contribution in [-0.4, -0.2) is 37.2 Å². The van der Waals surface area contributed by atoms with Crippen LogP contribution in [0.15, 0.2) is 54.7 Å². The Morgan fingerprint density at radius 2 is 1.92 bits per heavy atom. The number of hydrogen-bond donors (Lipinski definition) is 1. The number of pyridine rings is 2. The predicted octanol–water partition coefficient (Wildman–Crippen LogP) is 5.75. The molecule has 0 unspecified atom stereocenters. The van der Waals surface area contributed by atoms with Gasteiger partial charge in [0.1, 0.15) is 28.8 Å². The second-order valence-corrected chi connectivity index (χ2v) is 8.63. The summed E-state index contributed by atoms with van der Waals surface area (Å²) in [5.41, 5.74) is 1.87. The Morgan fingerprint density at radius 3 is 2.68 bits per heavy atom. The van der Waals surface area contributed by atoms with Gasteiger partial charge >= 0.3 is 0 Å². The Morgan fingerprint density at radius 1 is 1.11 bits per heavy atom. The molecule has 0 saturated carbocycles. The molecule has 1 N–H and O–H groups in total. The van der Waals surface area contributed by atoms with Crippen LogP contribution in [-0.2, 0) is 0 Å². The van der Waals surface area contributed by atoms with Gasteiger partial charge in [-0.05, 0) is 62.6 Å². The van der Waals surface area contributed by atoms with E-state index in [1.165, 1.54) is 12.3 Å². The van der Waals surface area contributed by atoms with Crippen molar-refractivity contribution in [3.05, 3.63) is 71.8 Å². The van der Waals surface area contributed by atoms with Gasteiger partial charge in [0.05, 0.1) is 12.2 Å². The maximum absolute atomic E-state index is 13.3. The summed E-state index contributed by atoms with van der Waals surface area (Å²) in [5, 5.41) is 11.4. The van der Waals surface area contributed by atoms with Crippen molar-refractivity contribution in [2.24, 2.45) is 0 Å². The number of anilines is 1. The van der Waals surface area contributed by atoms with Crippen molar-refractivity contribution in [2.45, 2.75) is 39.2 Å². The molecule has 1 atom stereocenters. The summed E-state index contributed by atoms with van der Waals surface area (Å²) < 4.78 is 33.9.